The Hall–Kier alpha value is -0.250. The summed E-state index contributed by atoms with van der Waals surface area (Å²) in [4.78, 5) is 0. The predicted octanol–water partition coefficient (Wildman–Crippen LogP) is 1.01. The molecule has 1 nitrogen and oxygen atoms in total. The molecule has 0 bridgehead atoms. The fourth-order valence-electron chi connectivity index (χ4n) is 0.762. The van der Waals surface area contributed by atoms with Gasteiger partial charge in [0.15, 0.2) is 6.54 Å². The Morgan fingerprint density at radius 3 is 1.89 bits per heavy atom. The molecule has 0 unspecified atom stereocenters. The molecule has 0 amide bonds. The maximum Gasteiger partial charge on any atom is 0.438 e. The van der Waals surface area contributed by atoms with Crippen molar-refractivity contribution in [1.29, 1.82) is 0 Å². The van der Waals surface area contributed by atoms with Crippen molar-refractivity contribution in [3.05, 3.63) is 0 Å². The number of hydrogen-bond donors (Lipinski definition) is 0. The maximum absolute atomic E-state index is 11.6. The van der Waals surface area contributed by atoms with Gasteiger partial charge in [-0.25, -0.2) is 0 Å². The molecule has 1 fully saturated rings. The van der Waals surface area contributed by atoms with E-state index in [4.69, 9.17) is 0 Å². The van der Waals surface area contributed by atoms with Crippen molar-refractivity contribution < 1.29 is 17.7 Å². The van der Waals surface area contributed by atoms with Crippen molar-refractivity contribution in [1.82, 2.24) is 0 Å². The van der Waals surface area contributed by atoms with Crippen molar-refractivity contribution in [2.75, 3.05) is 26.7 Å². The standard InChI is InChI=1S/C5H9F3N/c1-9(2-3-9)4-5(6,7)8/h2-4H2,1H3/q+1. The molecule has 0 aromatic rings. The van der Waals surface area contributed by atoms with Crippen molar-refractivity contribution >= 4 is 0 Å². The first-order chi connectivity index (χ1) is 3.91. The number of quaternary nitrogens is 1. The van der Waals surface area contributed by atoms with Gasteiger partial charge in [0.05, 0.1) is 7.05 Å². The Kier molecular flexibility index (Phi) is 1.24. The van der Waals surface area contributed by atoms with Crippen LogP contribution in [0.15, 0.2) is 0 Å². The summed E-state index contributed by atoms with van der Waals surface area (Å²) in [6.45, 7) is 0.700. The summed E-state index contributed by atoms with van der Waals surface area (Å²) in [6, 6.07) is 0. The van der Waals surface area contributed by atoms with Crippen LogP contribution >= 0.6 is 0 Å². The van der Waals surface area contributed by atoms with Crippen LogP contribution in [0, 0.1) is 0 Å². The summed E-state index contributed by atoms with van der Waals surface area (Å²) in [5.41, 5.74) is 0. The number of hydrogen-bond acceptors (Lipinski definition) is 0. The molecule has 0 spiro atoms. The van der Waals surface area contributed by atoms with E-state index in [1.165, 1.54) is 0 Å². The van der Waals surface area contributed by atoms with Crippen LogP contribution in [0.5, 0.6) is 0 Å². The summed E-state index contributed by atoms with van der Waals surface area (Å²) < 4.78 is 34.9. The van der Waals surface area contributed by atoms with Crippen LogP contribution in [0.4, 0.5) is 13.2 Å². The SMILES string of the molecule is C[N+]1(CC(F)(F)F)CC1. The number of nitrogens with zero attached hydrogens (tertiary/aromatic N) is 1. The van der Waals surface area contributed by atoms with Gasteiger partial charge in [0.25, 0.3) is 0 Å². The molecule has 0 saturated carbocycles. The number of likely N-dealkylation sites (N-methyl/N-ethyl adjacent to an activating group) is 1. The molecule has 0 atom stereocenters. The lowest BCUT2D eigenvalue weighted by molar-refractivity contribution is -0.791. The molecule has 0 N–H and O–H groups in total. The van der Waals surface area contributed by atoms with Gasteiger partial charge in [0, 0.05) is 0 Å². The summed E-state index contributed by atoms with van der Waals surface area (Å²) in [7, 11) is 1.62. The van der Waals surface area contributed by atoms with E-state index >= 15 is 0 Å². The smallest absolute Gasteiger partial charge is 0.309 e. The minimum atomic E-state index is -3.98. The van der Waals surface area contributed by atoms with E-state index in [1.807, 2.05) is 0 Å². The lowest BCUT2D eigenvalue weighted by Crippen LogP contribution is -2.32. The van der Waals surface area contributed by atoms with Gasteiger partial charge in [-0.15, -0.1) is 0 Å². The van der Waals surface area contributed by atoms with Crippen molar-refractivity contribution in [2.24, 2.45) is 0 Å². The average Bonchev–Trinajstić information content (AvgIpc) is 2.12. The predicted molar refractivity (Wildman–Crippen MR) is 26.8 cm³/mol. The van der Waals surface area contributed by atoms with Crippen LogP contribution in [0.25, 0.3) is 0 Å². The summed E-state index contributed by atoms with van der Waals surface area (Å²) in [5.74, 6) is 0. The van der Waals surface area contributed by atoms with Crippen LogP contribution in [-0.4, -0.2) is 37.3 Å². The second kappa shape index (κ2) is 1.62. The second-order valence-corrected chi connectivity index (χ2v) is 2.84. The van der Waals surface area contributed by atoms with E-state index in [0.29, 0.717) is 13.1 Å². The highest BCUT2D eigenvalue weighted by molar-refractivity contribution is 4.57. The third-order valence-electron chi connectivity index (χ3n) is 1.55. The van der Waals surface area contributed by atoms with Crippen LogP contribution in [0.2, 0.25) is 0 Å². The topological polar surface area (TPSA) is 0 Å². The highest BCUT2D eigenvalue weighted by Crippen LogP contribution is 2.26. The van der Waals surface area contributed by atoms with Crippen molar-refractivity contribution in [3.8, 4) is 0 Å². The largest absolute Gasteiger partial charge is 0.438 e. The van der Waals surface area contributed by atoms with Gasteiger partial charge in [-0.05, 0) is 0 Å². The van der Waals surface area contributed by atoms with Crippen LogP contribution < -0.4 is 0 Å². The minimum absolute atomic E-state index is 0.184. The molecule has 1 aliphatic rings. The first-order valence-corrected chi connectivity index (χ1v) is 2.82. The Labute approximate surface area is 51.7 Å². The van der Waals surface area contributed by atoms with Crippen molar-refractivity contribution in [3.63, 3.8) is 0 Å². The second-order valence-electron chi connectivity index (χ2n) is 2.84. The molecule has 1 rings (SSSR count). The van der Waals surface area contributed by atoms with Crippen LogP contribution in [0.3, 0.4) is 0 Å². The molecule has 0 radical (unpaired) electrons. The number of alkyl halides is 3. The molecule has 1 aliphatic heterocycles. The van der Waals surface area contributed by atoms with Gasteiger partial charge in [0.2, 0.25) is 0 Å². The third kappa shape index (κ3) is 2.22. The van der Waals surface area contributed by atoms with E-state index < -0.39 is 12.7 Å². The molecule has 1 heterocycles. The number of rotatable bonds is 1. The highest BCUT2D eigenvalue weighted by atomic mass is 19.4. The van der Waals surface area contributed by atoms with E-state index in [0.717, 1.165) is 0 Å². The average molecular weight is 140 g/mol. The Morgan fingerprint density at radius 2 is 1.78 bits per heavy atom. The first-order valence-electron chi connectivity index (χ1n) is 2.82. The summed E-state index contributed by atoms with van der Waals surface area (Å²) >= 11 is 0. The van der Waals surface area contributed by atoms with E-state index in [9.17, 15) is 13.2 Å². The Morgan fingerprint density at radius 1 is 1.33 bits per heavy atom. The molecule has 9 heavy (non-hydrogen) atoms. The molecule has 0 aromatic carbocycles. The fourth-order valence-corrected chi connectivity index (χ4v) is 0.762. The Bertz CT molecular complexity index is 111. The highest BCUT2D eigenvalue weighted by Gasteiger charge is 2.47. The molecular formula is C5H9F3N+. The van der Waals surface area contributed by atoms with Gasteiger partial charge >= 0.3 is 6.18 Å². The minimum Gasteiger partial charge on any atom is -0.309 e. The van der Waals surface area contributed by atoms with E-state index in [2.05, 4.69) is 0 Å². The zero-order valence-corrected chi connectivity index (χ0v) is 5.20. The zero-order chi connectivity index (χ0) is 7.12. The van der Waals surface area contributed by atoms with Crippen LogP contribution in [0.1, 0.15) is 0 Å². The molecule has 0 aromatic heterocycles. The molecule has 1 saturated heterocycles. The van der Waals surface area contributed by atoms with E-state index in [1.54, 1.807) is 7.05 Å². The number of halogens is 3. The zero-order valence-electron chi connectivity index (χ0n) is 5.20. The molecule has 0 aliphatic carbocycles. The maximum atomic E-state index is 11.6. The van der Waals surface area contributed by atoms with Crippen LogP contribution in [-0.2, 0) is 0 Å². The monoisotopic (exact) mass is 140 g/mol. The fraction of sp³-hybridized carbons (Fsp3) is 1.00. The Balaban J connectivity index is 2.33. The summed E-state index contributed by atoms with van der Waals surface area (Å²) in [6.07, 6.45) is -3.98. The molecule has 4 heteroatoms. The van der Waals surface area contributed by atoms with Gasteiger partial charge in [-0.1, -0.05) is 0 Å². The van der Waals surface area contributed by atoms with Gasteiger partial charge in [-0.3, -0.25) is 0 Å². The van der Waals surface area contributed by atoms with Gasteiger partial charge < -0.3 is 4.48 Å². The lowest BCUT2D eigenvalue weighted by atomic mass is 10.6. The quantitative estimate of drug-likeness (QED) is 0.376. The summed E-state index contributed by atoms with van der Waals surface area (Å²) in [5, 5.41) is 0. The molecular weight excluding hydrogens is 131 g/mol. The lowest BCUT2D eigenvalue weighted by Gasteiger charge is -2.13. The third-order valence-corrected chi connectivity index (χ3v) is 1.55. The first kappa shape index (κ1) is 6.86. The van der Waals surface area contributed by atoms with E-state index in [-0.39, 0.29) is 4.48 Å². The normalized spacial score (nSPS) is 24.0. The molecule has 54 valence electrons. The van der Waals surface area contributed by atoms with Gasteiger partial charge in [0.1, 0.15) is 13.1 Å². The van der Waals surface area contributed by atoms with Crippen molar-refractivity contribution in [2.45, 2.75) is 6.18 Å². The van der Waals surface area contributed by atoms with Gasteiger partial charge in [-0.2, -0.15) is 13.2 Å².